The molecule has 0 aromatic rings. The lowest BCUT2D eigenvalue weighted by atomic mass is 10.1. The second-order valence-electron chi connectivity index (χ2n) is 3.16. The van der Waals surface area contributed by atoms with Crippen molar-refractivity contribution in [2.45, 2.75) is 18.4 Å². The minimum Gasteiger partial charge on any atom is -0.462 e. The fourth-order valence-electron chi connectivity index (χ4n) is 1.34. The number of amides is 2. The fourth-order valence-corrected chi connectivity index (χ4v) is 2.34. The molecule has 0 radical (unpaired) electrons. The Balaban J connectivity index is 2.83. The number of nitrogens with zero attached hydrogens (tertiary/aromatic N) is 1. The molecule has 1 heterocycles. The predicted octanol–water partition coefficient (Wildman–Crippen LogP) is -0.851. The van der Waals surface area contributed by atoms with E-state index in [4.69, 9.17) is 4.74 Å². The molecule has 7 nitrogen and oxygen atoms in total. The molecule has 0 bridgehead atoms. The van der Waals surface area contributed by atoms with Crippen molar-refractivity contribution in [1.82, 2.24) is 4.90 Å². The van der Waals surface area contributed by atoms with Crippen molar-refractivity contribution in [2.75, 3.05) is 14.2 Å². The van der Waals surface area contributed by atoms with Crippen LogP contribution in [0.3, 0.4) is 0 Å². The molecule has 8 heteroatoms. The second kappa shape index (κ2) is 5.28. The van der Waals surface area contributed by atoms with Gasteiger partial charge < -0.3 is 9.47 Å². The number of hydrogen-bond acceptors (Lipinski definition) is 7. The van der Waals surface area contributed by atoms with E-state index in [1.54, 1.807) is 0 Å². The van der Waals surface area contributed by atoms with Crippen molar-refractivity contribution in [3.05, 3.63) is 0 Å². The van der Waals surface area contributed by atoms with Gasteiger partial charge >= 0.3 is 11.9 Å². The van der Waals surface area contributed by atoms with Crippen molar-refractivity contribution in [2.24, 2.45) is 0 Å². The van der Waals surface area contributed by atoms with Gasteiger partial charge in [0.25, 0.3) is 5.91 Å². The molecule has 1 aliphatic rings. The number of imide groups is 1. The Morgan fingerprint density at radius 1 is 1.29 bits per heavy atom. The number of β-lactam (4-membered cyclic amide) rings is 1. The molecule has 1 saturated heterocycles. The highest BCUT2D eigenvalue weighted by Crippen LogP contribution is 2.32. The van der Waals surface area contributed by atoms with Crippen LogP contribution in [0.15, 0.2) is 0 Å². The summed E-state index contributed by atoms with van der Waals surface area (Å²) in [5.74, 6) is -2.90. The van der Waals surface area contributed by atoms with E-state index in [2.05, 4.69) is 4.74 Å². The molecular formula is C9H11NO6S. The molecule has 0 N–H and O–H groups in total. The Hall–Kier alpha value is -1.41. The van der Waals surface area contributed by atoms with Crippen LogP contribution in [0.1, 0.15) is 6.92 Å². The van der Waals surface area contributed by atoms with Gasteiger partial charge in [0.2, 0.25) is 0 Å². The smallest absolute Gasteiger partial charge is 0.397 e. The number of likely N-dealkylation sites (tertiary alicyclic amines) is 1. The van der Waals surface area contributed by atoms with Crippen LogP contribution in [0, 0.1) is 0 Å². The number of esters is 1. The van der Waals surface area contributed by atoms with E-state index in [9.17, 15) is 19.2 Å². The normalized spacial score (nSPS) is 23.0. The Bertz CT molecular complexity index is 382. The topological polar surface area (TPSA) is 90.0 Å². The van der Waals surface area contributed by atoms with Crippen LogP contribution < -0.4 is 0 Å². The number of methoxy groups -OCH3 is 2. The third-order valence-electron chi connectivity index (χ3n) is 2.11. The highest BCUT2D eigenvalue weighted by Gasteiger charge is 2.54. The standard InChI is InChI=1S/C9H11NO6S/c1-4(11)17-8-5(15-2)6(12)10(8)7(13)9(14)16-3/h5,8H,1-3H3. The van der Waals surface area contributed by atoms with Crippen LogP contribution in [0.4, 0.5) is 0 Å². The third kappa shape index (κ3) is 2.47. The molecular weight excluding hydrogens is 250 g/mol. The first-order valence-corrected chi connectivity index (χ1v) is 5.47. The molecule has 2 amide bonds. The number of carbonyl (C=O) groups is 4. The highest BCUT2D eigenvalue weighted by molar-refractivity contribution is 8.14. The lowest BCUT2D eigenvalue weighted by Gasteiger charge is -2.42. The van der Waals surface area contributed by atoms with Gasteiger partial charge in [-0.15, -0.1) is 0 Å². The van der Waals surface area contributed by atoms with Gasteiger partial charge in [-0.25, -0.2) is 4.79 Å². The Kier molecular flexibility index (Phi) is 4.24. The number of thioether (sulfide) groups is 1. The Morgan fingerprint density at radius 3 is 2.29 bits per heavy atom. The third-order valence-corrected chi connectivity index (χ3v) is 3.15. The van der Waals surface area contributed by atoms with Crippen molar-refractivity contribution >= 4 is 34.7 Å². The Labute approximate surface area is 101 Å². The highest BCUT2D eigenvalue weighted by atomic mass is 32.2. The number of carbonyl (C=O) groups excluding carboxylic acids is 4. The molecule has 1 fully saturated rings. The number of ether oxygens (including phenoxy) is 2. The zero-order valence-corrected chi connectivity index (χ0v) is 10.3. The lowest BCUT2D eigenvalue weighted by molar-refractivity contribution is -0.177. The lowest BCUT2D eigenvalue weighted by Crippen LogP contribution is -2.67. The van der Waals surface area contributed by atoms with Crippen LogP contribution in [0.2, 0.25) is 0 Å². The first-order valence-electron chi connectivity index (χ1n) is 4.59. The van der Waals surface area contributed by atoms with Crippen molar-refractivity contribution in [3.8, 4) is 0 Å². The largest absolute Gasteiger partial charge is 0.462 e. The quantitative estimate of drug-likeness (QED) is 0.363. The van der Waals surface area contributed by atoms with E-state index in [-0.39, 0.29) is 5.12 Å². The summed E-state index contributed by atoms with van der Waals surface area (Å²) in [6.07, 6.45) is -0.891. The molecule has 0 aromatic carbocycles. The molecule has 2 atom stereocenters. The molecule has 2 unspecified atom stereocenters. The molecule has 94 valence electrons. The first-order chi connectivity index (χ1) is 7.93. The zero-order valence-electron chi connectivity index (χ0n) is 9.46. The van der Waals surface area contributed by atoms with Crippen molar-refractivity contribution in [3.63, 3.8) is 0 Å². The molecule has 1 rings (SSSR count). The minimum atomic E-state index is -1.15. The van der Waals surface area contributed by atoms with Gasteiger partial charge in [0, 0.05) is 14.0 Å². The second-order valence-corrected chi connectivity index (χ2v) is 4.45. The van der Waals surface area contributed by atoms with Gasteiger partial charge in [0.05, 0.1) is 7.11 Å². The van der Waals surface area contributed by atoms with Crippen LogP contribution in [0.5, 0.6) is 0 Å². The van der Waals surface area contributed by atoms with Crippen LogP contribution in [0.25, 0.3) is 0 Å². The molecule has 17 heavy (non-hydrogen) atoms. The SMILES string of the molecule is COC(=O)C(=O)N1C(=O)C(OC)C1SC(C)=O. The maximum Gasteiger partial charge on any atom is 0.397 e. The molecule has 0 aromatic heterocycles. The number of hydrogen-bond donors (Lipinski definition) is 0. The molecule has 0 spiro atoms. The van der Waals surface area contributed by atoms with Gasteiger partial charge in [0.15, 0.2) is 11.2 Å². The molecule has 0 saturated carbocycles. The minimum absolute atomic E-state index is 0.285. The van der Waals surface area contributed by atoms with Crippen LogP contribution in [-0.4, -0.2) is 53.5 Å². The van der Waals surface area contributed by atoms with E-state index >= 15 is 0 Å². The van der Waals surface area contributed by atoms with E-state index in [0.717, 1.165) is 18.9 Å². The van der Waals surface area contributed by atoms with Crippen LogP contribution >= 0.6 is 11.8 Å². The zero-order chi connectivity index (χ0) is 13.2. The summed E-state index contributed by atoms with van der Waals surface area (Å²) in [6, 6.07) is 0. The first kappa shape index (κ1) is 13.7. The summed E-state index contributed by atoms with van der Waals surface area (Å²) in [5, 5.41) is -1.09. The van der Waals surface area contributed by atoms with E-state index < -0.39 is 29.3 Å². The molecule has 0 aliphatic carbocycles. The van der Waals surface area contributed by atoms with Crippen LogP contribution in [-0.2, 0) is 28.7 Å². The summed E-state index contributed by atoms with van der Waals surface area (Å²) >= 11 is 0.755. The number of rotatable bonds is 2. The summed E-state index contributed by atoms with van der Waals surface area (Å²) in [7, 11) is 2.32. The van der Waals surface area contributed by atoms with Crippen molar-refractivity contribution in [1.29, 1.82) is 0 Å². The summed E-state index contributed by atoms with van der Waals surface area (Å²) in [6.45, 7) is 1.29. The summed E-state index contributed by atoms with van der Waals surface area (Å²) < 4.78 is 9.06. The Morgan fingerprint density at radius 2 is 1.88 bits per heavy atom. The summed E-state index contributed by atoms with van der Waals surface area (Å²) in [4.78, 5) is 45.6. The monoisotopic (exact) mass is 261 g/mol. The van der Waals surface area contributed by atoms with Gasteiger partial charge in [0.1, 0.15) is 5.37 Å². The van der Waals surface area contributed by atoms with Gasteiger partial charge in [-0.05, 0) is 0 Å². The summed E-state index contributed by atoms with van der Waals surface area (Å²) in [5.41, 5.74) is 0. The van der Waals surface area contributed by atoms with E-state index in [1.807, 2.05) is 0 Å². The fraction of sp³-hybridized carbons (Fsp3) is 0.556. The molecule has 1 aliphatic heterocycles. The van der Waals surface area contributed by atoms with Gasteiger partial charge in [-0.3, -0.25) is 19.3 Å². The predicted molar refractivity (Wildman–Crippen MR) is 56.7 cm³/mol. The average molecular weight is 261 g/mol. The average Bonchev–Trinajstić information content (AvgIpc) is 2.27. The van der Waals surface area contributed by atoms with Crippen molar-refractivity contribution < 1.29 is 28.7 Å². The maximum absolute atomic E-state index is 11.5. The maximum atomic E-state index is 11.5. The van der Waals surface area contributed by atoms with E-state index in [1.165, 1.54) is 14.0 Å². The van der Waals surface area contributed by atoms with Gasteiger partial charge in [-0.2, -0.15) is 0 Å². The van der Waals surface area contributed by atoms with Gasteiger partial charge in [-0.1, -0.05) is 11.8 Å². The van der Waals surface area contributed by atoms with E-state index in [0.29, 0.717) is 4.90 Å².